The maximum Gasteiger partial charge on any atom is 0.0846 e. The molecule has 0 spiro atoms. The molecule has 1 aliphatic heterocycles. The van der Waals surface area contributed by atoms with E-state index in [4.69, 9.17) is 0 Å². The lowest BCUT2D eigenvalue weighted by Gasteiger charge is -2.27. The van der Waals surface area contributed by atoms with Gasteiger partial charge in [-0.2, -0.15) is 0 Å². The number of rotatable bonds is 1. The normalized spacial score (nSPS) is 20.4. The average molecular weight is 98.1 g/mol. The predicted molar refractivity (Wildman–Crippen MR) is 30.6 cm³/mol. The van der Waals surface area contributed by atoms with Gasteiger partial charge in [-0.25, -0.2) is 0 Å². The fraction of sp³-hybridized carbons (Fsp3) is 0.800. The lowest BCUT2D eigenvalue weighted by Crippen LogP contribution is -2.35. The summed E-state index contributed by atoms with van der Waals surface area (Å²) in [7, 11) is 1.80. The molecule has 1 aliphatic rings. The van der Waals surface area contributed by atoms with Crippen LogP contribution in [0.5, 0.6) is 0 Å². The maximum atomic E-state index is 3.86. The molecule has 40 valence electrons. The van der Waals surface area contributed by atoms with E-state index in [0.29, 0.717) is 0 Å². The van der Waals surface area contributed by atoms with Gasteiger partial charge in [0.05, 0.1) is 6.34 Å². The van der Waals surface area contributed by atoms with Crippen molar-refractivity contribution in [3.8, 4) is 0 Å². The van der Waals surface area contributed by atoms with E-state index in [1.807, 2.05) is 6.34 Å². The summed E-state index contributed by atoms with van der Waals surface area (Å²) in [5, 5.41) is 0. The number of likely N-dealkylation sites (tertiary alicyclic amines) is 1. The van der Waals surface area contributed by atoms with Crippen LogP contribution in [-0.4, -0.2) is 31.4 Å². The van der Waals surface area contributed by atoms with Crippen molar-refractivity contribution in [2.75, 3.05) is 20.1 Å². The molecule has 0 radical (unpaired) electrons. The third-order valence-corrected chi connectivity index (χ3v) is 1.17. The number of hydrogen-bond donors (Lipinski definition) is 0. The molecule has 0 aromatic rings. The molecule has 0 aromatic heterocycles. The average Bonchev–Trinajstić information content (AvgIpc) is 1.55. The molecule has 1 heterocycles. The molecule has 0 aromatic carbocycles. The SMILES string of the molecule is CN=CN1CCC1. The summed E-state index contributed by atoms with van der Waals surface area (Å²) >= 11 is 0. The van der Waals surface area contributed by atoms with Gasteiger partial charge in [0.25, 0.3) is 0 Å². The summed E-state index contributed by atoms with van der Waals surface area (Å²) in [4.78, 5) is 6.05. The van der Waals surface area contributed by atoms with Gasteiger partial charge in [0, 0.05) is 20.1 Å². The zero-order valence-corrected chi connectivity index (χ0v) is 4.59. The van der Waals surface area contributed by atoms with Crippen LogP contribution in [0.25, 0.3) is 0 Å². The van der Waals surface area contributed by atoms with Gasteiger partial charge in [0.2, 0.25) is 0 Å². The Bertz CT molecular complexity index is 74.1. The van der Waals surface area contributed by atoms with Crippen LogP contribution in [0.15, 0.2) is 4.99 Å². The molecule has 0 bridgehead atoms. The molecular formula is C5H10N2. The van der Waals surface area contributed by atoms with Crippen molar-refractivity contribution in [1.82, 2.24) is 4.90 Å². The van der Waals surface area contributed by atoms with Gasteiger partial charge in [0.15, 0.2) is 0 Å². The van der Waals surface area contributed by atoms with E-state index < -0.39 is 0 Å². The zero-order valence-electron chi connectivity index (χ0n) is 4.59. The molecule has 0 aliphatic carbocycles. The Labute approximate surface area is 43.8 Å². The number of nitrogens with zero attached hydrogens (tertiary/aromatic N) is 2. The van der Waals surface area contributed by atoms with Crippen LogP contribution in [0.1, 0.15) is 6.42 Å². The largest absolute Gasteiger partial charge is 0.363 e. The summed E-state index contributed by atoms with van der Waals surface area (Å²) in [6.07, 6.45) is 3.23. The standard InChI is InChI=1S/C5H10N2/c1-6-5-7-3-2-4-7/h5H,2-4H2,1H3. The van der Waals surface area contributed by atoms with Crippen molar-refractivity contribution in [1.29, 1.82) is 0 Å². The Morgan fingerprint density at radius 3 is 2.43 bits per heavy atom. The van der Waals surface area contributed by atoms with Crippen molar-refractivity contribution in [2.24, 2.45) is 4.99 Å². The fourth-order valence-electron chi connectivity index (χ4n) is 0.619. The summed E-state index contributed by atoms with van der Waals surface area (Å²) in [5.74, 6) is 0. The van der Waals surface area contributed by atoms with Crippen molar-refractivity contribution >= 4 is 6.34 Å². The molecule has 2 heteroatoms. The summed E-state index contributed by atoms with van der Waals surface area (Å²) in [6.45, 7) is 2.41. The van der Waals surface area contributed by atoms with E-state index in [0.717, 1.165) is 0 Å². The van der Waals surface area contributed by atoms with Crippen LogP contribution < -0.4 is 0 Å². The van der Waals surface area contributed by atoms with Gasteiger partial charge in [-0.1, -0.05) is 0 Å². The first-order valence-electron chi connectivity index (χ1n) is 2.60. The van der Waals surface area contributed by atoms with E-state index in [-0.39, 0.29) is 0 Å². The van der Waals surface area contributed by atoms with Crippen LogP contribution in [-0.2, 0) is 0 Å². The predicted octanol–water partition coefficient (Wildman–Crippen LogP) is 0.350. The second-order valence-electron chi connectivity index (χ2n) is 1.76. The zero-order chi connectivity index (χ0) is 5.11. The van der Waals surface area contributed by atoms with Crippen LogP contribution >= 0.6 is 0 Å². The van der Waals surface area contributed by atoms with Crippen molar-refractivity contribution in [3.05, 3.63) is 0 Å². The molecule has 0 atom stereocenters. The van der Waals surface area contributed by atoms with Gasteiger partial charge in [-0.05, 0) is 6.42 Å². The smallest absolute Gasteiger partial charge is 0.0846 e. The monoisotopic (exact) mass is 98.1 g/mol. The maximum absolute atomic E-state index is 3.86. The van der Waals surface area contributed by atoms with E-state index in [9.17, 15) is 0 Å². The second kappa shape index (κ2) is 1.96. The van der Waals surface area contributed by atoms with Crippen molar-refractivity contribution < 1.29 is 0 Å². The van der Waals surface area contributed by atoms with Crippen molar-refractivity contribution in [3.63, 3.8) is 0 Å². The summed E-state index contributed by atoms with van der Waals surface area (Å²) in [5.41, 5.74) is 0. The molecular weight excluding hydrogens is 88.1 g/mol. The molecule has 0 N–H and O–H groups in total. The molecule has 1 rings (SSSR count). The number of aliphatic imine (C=N–C) groups is 1. The minimum absolute atomic E-state index is 1.21. The first kappa shape index (κ1) is 4.62. The first-order valence-corrected chi connectivity index (χ1v) is 2.60. The molecule has 0 saturated carbocycles. The van der Waals surface area contributed by atoms with Crippen LogP contribution in [0.2, 0.25) is 0 Å². The van der Waals surface area contributed by atoms with Crippen LogP contribution in [0.4, 0.5) is 0 Å². The Morgan fingerprint density at radius 1 is 1.57 bits per heavy atom. The van der Waals surface area contributed by atoms with E-state index >= 15 is 0 Å². The van der Waals surface area contributed by atoms with Crippen LogP contribution in [0.3, 0.4) is 0 Å². The third kappa shape index (κ3) is 0.918. The van der Waals surface area contributed by atoms with Gasteiger partial charge in [-0.15, -0.1) is 0 Å². The highest BCUT2D eigenvalue weighted by Crippen LogP contribution is 2.00. The summed E-state index contributed by atoms with van der Waals surface area (Å²) < 4.78 is 0. The Morgan fingerprint density at radius 2 is 2.29 bits per heavy atom. The van der Waals surface area contributed by atoms with Gasteiger partial charge in [-0.3, -0.25) is 4.99 Å². The minimum Gasteiger partial charge on any atom is -0.363 e. The van der Waals surface area contributed by atoms with Crippen LogP contribution in [0, 0.1) is 0 Å². The Kier molecular flexibility index (Phi) is 1.29. The molecule has 2 nitrogen and oxygen atoms in total. The molecule has 1 fully saturated rings. The lowest BCUT2D eigenvalue weighted by molar-refractivity contribution is 0.309. The first-order chi connectivity index (χ1) is 3.43. The highest BCUT2D eigenvalue weighted by molar-refractivity contribution is 5.55. The van der Waals surface area contributed by atoms with E-state index in [1.54, 1.807) is 7.05 Å². The molecule has 1 saturated heterocycles. The minimum atomic E-state index is 1.21. The Hall–Kier alpha value is -0.530. The highest BCUT2D eigenvalue weighted by Gasteiger charge is 2.07. The van der Waals surface area contributed by atoms with Crippen molar-refractivity contribution in [2.45, 2.75) is 6.42 Å². The molecule has 0 amide bonds. The van der Waals surface area contributed by atoms with Gasteiger partial charge < -0.3 is 4.90 Å². The molecule has 0 unspecified atom stereocenters. The highest BCUT2D eigenvalue weighted by atomic mass is 15.2. The summed E-state index contributed by atoms with van der Waals surface area (Å²) in [6, 6.07) is 0. The van der Waals surface area contributed by atoms with E-state index in [2.05, 4.69) is 9.89 Å². The topological polar surface area (TPSA) is 15.6 Å². The number of hydrogen-bond acceptors (Lipinski definition) is 1. The second-order valence-corrected chi connectivity index (χ2v) is 1.76. The van der Waals surface area contributed by atoms with Gasteiger partial charge in [0.1, 0.15) is 0 Å². The Balaban J connectivity index is 2.14. The van der Waals surface area contributed by atoms with Gasteiger partial charge >= 0.3 is 0 Å². The quantitative estimate of drug-likeness (QED) is 0.341. The fourth-order valence-corrected chi connectivity index (χ4v) is 0.619. The lowest BCUT2D eigenvalue weighted by atomic mass is 10.2. The third-order valence-electron chi connectivity index (χ3n) is 1.17. The molecule has 7 heavy (non-hydrogen) atoms. The van der Waals surface area contributed by atoms with E-state index in [1.165, 1.54) is 19.5 Å².